The molecule has 0 spiro atoms. The van der Waals surface area contributed by atoms with Gasteiger partial charge in [-0.25, -0.2) is 0 Å². The van der Waals surface area contributed by atoms with Crippen LogP contribution in [0.5, 0.6) is 0 Å². The summed E-state index contributed by atoms with van der Waals surface area (Å²) in [6.07, 6.45) is 4.63. The van der Waals surface area contributed by atoms with Crippen LogP contribution in [0.1, 0.15) is 32.1 Å². The van der Waals surface area contributed by atoms with Gasteiger partial charge in [0.05, 0.1) is 19.3 Å². The van der Waals surface area contributed by atoms with Gasteiger partial charge in [-0.3, -0.25) is 4.79 Å². The van der Waals surface area contributed by atoms with E-state index in [-0.39, 0.29) is 12.5 Å². The van der Waals surface area contributed by atoms with Gasteiger partial charge in [0.15, 0.2) is 0 Å². The van der Waals surface area contributed by atoms with E-state index < -0.39 is 5.54 Å². The summed E-state index contributed by atoms with van der Waals surface area (Å²) in [6.45, 7) is 0.854. The summed E-state index contributed by atoms with van der Waals surface area (Å²) in [5.74, 6) is -0.218. The molecule has 0 unspecified atom stereocenters. The van der Waals surface area contributed by atoms with Gasteiger partial charge >= 0.3 is 0 Å². The average Bonchev–Trinajstić information content (AvgIpc) is 2.36. The van der Waals surface area contributed by atoms with Gasteiger partial charge in [-0.05, 0) is 12.8 Å². The van der Waals surface area contributed by atoms with Crippen LogP contribution in [0, 0.1) is 11.3 Å². The summed E-state index contributed by atoms with van der Waals surface area (Å²) < 4.78 is 9.93. The maximum absolute atomic E-state index is 11.6. The van der Waals surface area contributed by atoms with Crippen LogP contribution in [0.15, 0.2) is 0 Å². The molecule has 0 aliphatic heterocycles. The molecule has 0 saturated heterocycles. The molecule has 0 radical (unpaired) electrons. The Bertz CT molecular complexity index is 280. The van der Waals surface area contributed by atoms with Crippen LogP contribution in [0.3, 0.4) is 0 Å². The SMILES string of the molecule is COCCOCC(=O)NC1(C#N)CCCCC1. The Morgan fingerprint density at radius 1 is 1.35 bits per heavy atom. The first kappa shape index (κ1) is 13.9. The molecular weight excluding hydrogens is 220 g/mol. The topological polar surface area (TPSA) is 71.3 Å². The molecule has 5 nitrogen and oxygen atoms in total. The van der Waals surface area contributed by atoms with Gasteiger partial charge < -0.3 is 14.8 Å². The predicted molar refractivity (Wildman–Crippen MR) is 62.3 cm³/mol. The number of nitriles is 1. The van der Waals surface area contributed by atoms with Gasteiger partial charge in [0.25, 0.3) is 0 Å². The van der Waals surface area contributed by atoms with E-state index in [0.717, 1.165) is 32.1 Å². The maximum Gasteiger partial charge on any atom is 0.247 e. The van der Waals surface area contributed by atoms with E-state index in [2.05, 4.69) is 11.4 Å². The number of carbonyl (C=O) groups is 1. The van der Waals surface area contributed by atoms with E-state index in [0.29, 0.717) is 13.2 Å². The van der Waals surface area contributed by atoms with E-state index in [4.69, 9.17) is 9.47 Å². The first-order valence-corrected chi connectivity index (χ1v) is 6.01. The van der Waals surface area contributed by atoms with Crippen LogP contribution in [-0.4, -0.2) is 38.4 Å². The number of rotatable bonds is 6. The second kappa shape index (κ2) is 7.25. The van der Waals surface area contributed by atoms with Crippen molar-refractivity contribution < 1.29 is 14.3 Å². The Labute approximate surface area is 102 Å². The minimum absolute atomic E-state index is 0.00715. The summed E-state index contributed by atoms with van der Waals surface area (Å²) in [4.78, 5) is 11.6. The molecule has 0 bridgehead atoms. The van der Waals surface area contributed by atoms with Gasteiger partial charge in [-0.2, -0.15) is 5.26 Å². The van der Waals surface area contributed by atoms with Crippen molar-refractivity contribution in [2.24, 2.45) is 0 Å². The molecule has 1 N–H and O–H groups in total. The summed E-state index contributed by atoms with van der Waals surface area (Å²) in [6, 6.07) is 2.24. The van der Waals surface area contributed by atoms with Crippen molar-refractivity contribution in [1.82, 2.24) is 5.32 Å². The highest BCUT2D eigenvalue weighted by atomic mass is 16.5. The van der Waals surface area contributed by atoms with E-state index in [1.807, 2.05) is 0 Å². The van der Waals surface area contributed by atoms with Gasteiger partial charge in [0.1, 0.15) is 12.1 Å². The average molecular weight is 240 g/mol. The molecule has 1 fully saturated rings. The van der Waals surface area contributed by atoms with Gasteiger partial charge in [-0.15, -0.1) is 0 Å². The predicted octanol–water partition coefficient (Wildman–Crippen LogP) is 0.992. The Morgan fingerprint density at radius 3 is 2.65 bits per heavy atom. The first-order valence-electron chi connectivity index (χ1n) is 6.01. The molecule has 0 atom stereocenters. The lowest BCUT2D eigenvalue weighted by molar-refractivity contribution is -0.127. The number of amides is 1. The fraction of sp³-hybridized carbons (Fsp3) is 0.833. The molecule has 1 amide bonds. The van der Waals surface area contributed by atoms with Crippen LogP contribution >= 0.6 is 0 Å². The van der Waals surface area contributed by atoms with Crippen LogP contribution in [0.4, 0.5) is 0 Å². The third-order valence-corrected chi connectivity index (χ3v) is 2.96. The fourth-order valence-electron chi connectivity index (χ4n) is 2.03. The first-order chi connectivity index (χ1) is 8.22. The van der Waals surface area contributed by atoms with Crippen molar-refractivity contribution in [3.63, 3.8) is 0 Å². The number of hydrogen-bond donors (Lipinski definition) is 1. The summed E-state index contributed by atoms with van der Waals surface area (Å²) in [5, 5.41) is 12.0. The smallest absolute Gasteiger partial charge is 0.247 e. The highest BCUT2D eigenvalue weighted by Crippen LogP contribution is 2.27. The quantitative estimate of drug-likeness (QED) is 0.703. The van der Waals surface area contributed by atoms with E-state index in [1.165, 1.54) is 0 Å². The number of methoxy groups -OCH3 is 1. The fourth-order valence-corrected chi connectivity index (χ4v) is 2.03. The maximum atomic E-state index is 11.6. The monoisotopic (exact) mass is 240 g/mol. The Kier molecular flexibility index (Phi) is 5.95. The lowest BCUT2D eigenvalue weighted by Crippen LogP contribution is -2.49. The number of hydrogen-bond acceptors (Lipinski definition) is 4. The molecule has 1 aliphatic carbocycles. The molecule has 0 heterocycles. The van der Waals surface area contributed by atoms with Gasteiger partial charge in [0.2, 0.25) is 5.91 Å². The van der Waals surface area contributed by atoms with Crippen molar-refractivity contribution in [2.75, 3.05) is 26.9 Å². The van der Waals surface area contributed by atoms with Crippen molar-refractivity contribution in [3.05, 3.63) is 0 Å². The van der Waals surface area contributed by atoms with Crippen LogP contribution in [0.2, 0.25) is 0 Å². The van der Waals surface area contributed by atoms with Crippen LogP contribution in [0.25, 0.3) is 0 Å². The zero-order valence-electron chi connectivity index (χ0n) is 10.3. The second-order valence-corrected chi connectivity index (χ2v) is 4.35. The van der Waals surface area contributed by atoms with Crippen molar-refractivity contribution in [1.29, 1.82) is 5.26 Å². The van der Waals surface area contributed by atoms with Gasteiger partial charge in [0, 0.05) is 7.11 Å². The highest BCUT2D eigenvalue weighted by Gasteiger charge is 2.33. The molecule has 96 valence electrons. The molecular formula is C12H20N2O3. The van der Waals surface area contributed by atoms with Crippen molar-refractivity contribution in [3.8, 4) is 6.07 Å². The second-order valence-electron chi connectivity index (χ2n) is 4.35. The largest absolute Gasteiger partial charge is 0.382 e. The molecule has 17 heavy (non-hydrogen) atoms. The summed E-state index contributed by atoms with van der Waals surface area (Å²) in [7, 11) is 1.58. The lowest BCUT2D eigenvalue weighted by atomic mass is 9.83. The van der Waals surface area contributed by atoms with E-state index in [1.54, 1.807) is 7.11 Å². The number of nitrogens with zero attached hydrogens (tertiary/aromatic N) is 1. The van der Waals surface area contributed by atoms with Gasteiger partial charge in [-0.1, -0.05) is 19.3 Å². The molecule has 0 aromatic rings. The van der Waals surface area contributed by atoms with Crippen LogP contribution in [-0.2, 0) is 14.3 Å². The zero-order chi connectivity index (χ0) is 12.6. The van der Waals surface area contributed by atoms with Crippen molar-refractivity contribution in [2.45, 2.75) is 37.6 Å². The molecule has 1 rings (SSSR count). The minimum atomic E-state index is -0.667. The lowest BCUT2D eigenvalue weighted by Gasteiger charge is -2.31. The number of carbonyl (C=O) groups excluding carboxylic acids is 1. The molecule has 0 aromatic heterocycles. The Hall–Kier alpha value is -1.12. The van der Waals surface area contributed by atoms with E-state index >= 15 is 0 Å². The minimum Gasteiger partial charge on any atom is -0.382 e. The number of nitrogens with one attached hydrogen (secondary N) is 1. The summed E-state index contributed by atoms with van der Waals surface area (Å²) in [5.41, 5.74) is -0.667. The third kappa shape index (κ3) is 4.72. The van der Waals surface area contributed by atoms with Crippen LogP contribution < -0.4 is 5.32 Å². The third-order valence-electron chi connectivity index (χ3n) is 2.96. The normalized spacial score (nSPS) is 18.4. The number of ether oxygens (including phenoxy) is 2. The summed E-state index contributed by atoms with van der Waals surface area (Å²) >= 11 is 0. The zero-order valence-corrected chi connectivity index (χ0v) is 10.3. The Balaban J connectivity index is 2.30. The molecule has 0 aromatic carbocycles. The molecule has 5 heteroatoms. The van der Waals surface area contributed by atoms with E-state index in [9.17, 15) is 10.1 Å². The Morgan fingerprint density at radius 2 is 2.06 bits per heavy atom. The standard InChI is InChI=1S/C12H20N2O3/c1-16-7-8-17-9-11(15)14-12(10-13)5-3-2-4-6-12/h2-9H2,1H3,(H,14,15). The molecule has 1 aliphatic rings. The molecule has 1 saturated carbocycles. The van der Waals surface area contributed by atoms with Crippen molar-refractivity contribution >= 4 is 5.91 Å². The highest BCUT2D eigenvalue weighted by molar-refractivity contribution is 5.78.